The third-order valence-electron chi connectivity index (χ3n) is 2.27. The molecule has 18 heavy (non-hydrogen) atoms. The highest BCUT2D eigenvalue weighted by molar-refractivity contribution is 9.10. The summed E-state index contributed by atoms with van der Waals surface area (Å²) in [5.41, 5.74) is 1.46. The van der Waals surface area contributed by atoms with Gasteiger partial charge < -0.3 is 15.7 Å². The van der Waals surface area contributed by atoms with Crippen LogP contribution < -0.4 is 10.6 Å². The summed E-state index contributed by atoms with van der Waals surface area (Å²) < 4.78 is 0.823. The average Bonchev–Trinajstić information content (AvgIpc) is 2.34. The van der Waals surface area contributed by atoms with Gasteiger partial charge in [0.1, 0.15) is 0 Å². The Labute approximate surface area is 114 Å². The maximum absolute atomic E-state index is 11.6. The molecule has 0 aliphatic rings. The Morgan fingerprint density at radius 1 is 1.33 bits per heavy atom. The first kappa shape index (κ1) is 14.7. The van der Waals surface area contributed by atoms with Crippen molar-refractivity contribution in [2.45, 2.75) is 13.3 Å². The minimum absolute atomic E-state index is 0.0212. The predicted octanol–water partition coefficient (Wildman–Crippen LogP) is 1.19. The Morgan fingerprint density at radius 2 is 2.06 bits per heavy atom. The number of rotatable bonds is 4. The van der Waals surface area contributed by atoms with E-state index in [1.807, 2.05) is 19.1 Å². The van der Waals surface area contributed by atoms with Crippen molar-refractivity contribution in [1.29, 1.82) is 0 Å². The smallest absolute Gasteiger partial charge is 0.313 e. The van der Waals surface area contributed by atoms with Crippen molar-refractivity contribution in [3.8, 4) is 0 Å². The highest BCUT2D eigenvalue weighted by atomic mass is 79.9. The van der Waals surface area contributed by atoms with Gasteiger partial charge in [-0.1, -0.05) is 22.0 Å². The molecule has 98 valence electrons. The third-order valence-corrected chi connectivity index (χ3v) is 2.77. The number of benzene rings is 1. The minimum Gasteiger partial charge on any atom is -0.396 e. The van der Waals surface area contributed by atoms with Crippen LogP contribution in [0, 0.1) is 6.92 Å². The molecule has 1 aromatic rings. The monoisotopic (exact) mass is 314 g/mol. The zero-order chi connectivity index (χ0) is 13.5. The molecule has 0 atom stereocenters. The molecule has 0 saturated carbocycles. The lowest BCUT2D eigenvalue weighted by atomic mass is 10.2. The van der Waals surface area contributed by atoms with E-state index in [1.165, 1.54) is 0 Å². The number of aryl methyl sites for hydroxylation is 1. The van der Waals surface area contributed by atoms with Crippen molar-refractivity contribution in [3.05, 3.63) is 28.2 Å². The molecule has 0 bridgehead atoms. The Balaban J connectivity index is 2.58. The quantitative estimate of drug-likeness (QED) is 0.577. The highest BCUT2D eigenvalue weighted by Gasteiger charge is 2.13. The molecule has 5 nitrogen and oxygen atoms in total. The van der Waals surface area contributed by atoms with E-state index in [0.717, 1.165) is 10.0 Å². The second kappa shape index (κ2) is 7.13. The molecule has 0 radical (unpaired) electrons. The fraction of sp³-hybridized carbons (Fsp3) is 0.333. The van der Waals surface area contributed by atoms with Gasteiger partial charge in [0.2, 0.25) is 0 Å². The number of nitrogens with one attached hydrogen (secondary N) is 2. The summed E-state index contributed by atoms with van der Waals surface area (Å²) in [4.78, 5) is 23.0. The lowest BCUT2D eigenvalue weighted by molar-refractivity contribution is -0.136. The molecule has 0 aromatic heterocycles. The Morgan fingerprint density at radius 3 is 2.72 bits per heavy atom. The maximum Gasteiger partial charge on any atom is 0.313 e. The van der Waals surface area contributed by atoms with Crippen LogP contribution in [0.15, 0.2) is 22.7 Å². The Bertz CT molecular complexity index is 449. The number of amides is 2. The molecular formula is C12H15BrN2O3. The molecule has 0 saturated heterocycles. The van der Waals surface area contributed by atoms with Crippen LogP contribution in [0.5, 0.6) is 0 Å². The predicted molar refractivity (Wildman–Crippen MR) is 72.2 cm³/mol. The van der Waals surface area contributed by atoms with Crippen LogP contribution in [0.3, 0.4) is 0 Å². The molecule has 1 rings (SSSR count). The SMILES string of the molecule is Cc1ccc(Br)cc1NC(=O)C(=O)NCCCO. The van der Waals surface area contributed by atoms with Gasteiger partial charge in [-0.2, -0.15) is 0 Å². The van der Waals surface area contributed by atoms with Crippen molar-refractivity contribution in [2.75, 3.05) is 18.5 Å². The van der Waals surface area contributed by atoms with Crippen molar-refractivity contribution < 1.29 is 14.7 Å². The van der Waals surface area contributed by atoms with E-state index in [2.05, 4.69) is 26.6 Å². The average molecular weight is 315 g/mol. The molecule has 3 N–H and O–H groups in total. The first-order chi connectivity index (χ1) is 8.54. The third kappa shape index (κ3) is 4.46. The van der Waals surface area contributed by atoms with E-state index in [-0.39, 0.29) is 13.2 Å². The molecule has 1 aromatic carbocycles. The summed E-state index contributed by atoms with van der Waals surface area (Å²) in [6, 6.07) is 5.42. The van der Waals surface area contributed by atoms with Gasteiger partial charge >= 0.3 is 11.8 Å². The lowest BCUT2D eigenvalue weighted by Crippen LogP contribution is -2.36. The second-order valence-electron chi connectivity index (χ2n) is 3.75. The fourth-order valence-corrected chi connectivity index (χ4v) is 1.63. The number of aliphatic hydroxyl groups excluding tert-OH is 1. The summed E-state index contributed by atoms with van der Waals surface area (Å²) >= 11 is 3.29. The van der Waals surface area contributed by atoms with Crippen LogP contribution in [0.25, 0.3) is 0 Å². The van der Waals surface area contributed by atoms with E-state index in [9.17, 15) is 9.59 Å². The van der Waals surface area contributed by atoms with Crippen LogP contribution in [-0.4, -0.2) is 30.1 Å². The van der Waals surface area contributed by atoms with Crippen molar-refractivity contribution >= 4 is 33.4 Å². The van der Waals surface area contributed by atoms with Crippen LogP contribution in [0.1, 0.15) is 12.0 Å². The van der Waals surface area contributed by atoms with E-state index in [1.54, 1.807) is 6.07 Å². The number of halogens is 1. The topological polar surface area (TPSA) is 78.4 Å². The van der Waals surface area contributed by atoms with Crippen molar-refractivity contribution in [2.24, 2.45) is 0 Å². The van der Waals surface area contributed by atoms with Gasteiger partial charge in [-0.05, 0) is 31.0 Å². The molecule has 0 unspecified atom stereocenters. The molecule has 2 amide bonds. The number of aliphatic hydroxyl groups is 1. The van der Waals surface area contributed by atoms with Crippen molar-refractivity contribution in [3.63, 3.8) is 0 Å². The molecule has 6 heteroatoms. The number of hydrogen-bond acceptors (Lipinski definition) is 3. The number of carbonyl (C=O) groups excluding carboxylic acids is 2. The summed E-state index contributed by atoms with van der Waals surface area (Å²) in [5, 5.41) is 13.5. The number of anilines is 1. The summed E-state index contributed by atoms with van der Waals surface area (Å²) in [6.07, 6.45) is 0.426. The van der Waals surface area contributed by atoms with Crippen LogP contribution >= 0.6 is 15.9 Å². The molecule has 0 heterocycles. The van der Waals surface area contributed by atoms with E-state index < -0.39 is 11.8 Å². The summed E-state index contributed by atoms with van der Waals surface area (Å²) in [5.74, 6) is -1.42. The molecule has 0 fully saturated rings. The number of hydrogen-bond donors (Lipinski definition) is 3. The Kier molecular flexibility index (Phi) is 5.80. The molecular weight excluding hydrogens is 300 g/mol. The maximum atomic E-state index is 11.6. The number of carbonyl (C=O) groups is 2. The van der Waals surface area contributed by atoms with Crippen molar-refractivity contribution in [1.82, 2.24) is 5.32 Å². The van der Waals surface area contributed by atoms with Crippen LogP contribution in [0.4, 0.5) is 5.69 Å². The van der Waals surface area contributed by atoms with E-state index in [0.29, 0.717) is 12.1 Å². The molecule has 0 aliphatic heterocycles. The molecule has 0 spiro atoms. The van der Waals surface area contributed by atoms with Gasteiger partial charge in [-0.25, -0.2) is 0 Å². The highest BCUT2D eigenvalue weighted by Crippen LogP contribution is 2.20. The van der Waals surface area contributed by atoms with Gasteiger partial charge in [0.15, 0.2) is 0 Å². The normalized spacial score (nSPS) is 9.94. The van der Waals surface area contributed by atoms with Crippen LogP contribution in [0.2, 0.25) is 0 Å². The van der Waals surface area contributed by atoms with E-state index >= 15 is 0 Å². The fourth-order valence-electron chi connectivity index (χ4n) is 1.27. The molecule has 0 aliphatic carbocycles. The van der Waals surface area contributed by atoms with Gasteiger partial charge in [0.25, 0.3) is 0 Å². The standard InChI is InChI=1S/C12H15BrN2O3/c1-8-3-4-9(13)7-10(8)15-12(18)11(17)14-5-2-6-16/h3-4,7,16H,2,5-6H2,1H3,(H,14,17)(H,15,18). The van der Waals surface area contributed by atoms with E-state index in [4.69, 9.17) is 5.11 Å². The van der Waals surface area contributed by atoms with Gasteiger partial charge in [-0.3, -0.25) is 9.59 Å². The lowest BCUT2D eigenvalue weighted by Gasteiger charge is -2.08. The van der Waals surface area contributed by atoms with Gasteiger partial charge in [0.05, 0.1) is 0 Å². The minimum atomic E-state index is -0.714. The zero-order valence-corrected chi connectivity index (χ0v) is 11.6. The van der Waals surface area contributed by atoms with Gasteiger partial charge in [-0.15, -0.1) is 0 Å². The summed E-state index contributed by atoms with van der Waals surface area (Å²) in [7, 11) is 0. The zero-order valence-electron chi connectivity index (χ0n) is 10.00. The summed E-state index contributed by atoms with van der Waals surface area (Å²) in [6.45, 7) is 2.10. The first-order valence-electron chi connectivity index (χ1n) is 5.51. The largest absolute Gasteiger partial charge is 0.396 e. The Hall–Kier alpha value is -1.40. The van der Waals surface area contributed by atoms with Crippen LogP contribution in [-0.2, 0) is 9.59 Å². The first-order valence-corrected chi connectivity index (χ1v) is 6.30. The second-order valence-corrected chi connectivity index (χ2v) is 4.66. The van der Waals surface area contributed by atoms with Gasteiger partial charge in [0, 0.05) is 23.3 Å².